The molecule has 1 aromatic rings. The fraction of sp³-hybridized carbons (Fsp3) is 0.400. The Bertz CT molecular complexity index is 192. The second-order valence-electron chi connectivity index (χ2n) is 1.72. The molecule has 0 unspecified atom stereocenters. The van der Waals surface area contributed by atoms with Crippen LogP contribution in [0.15, 0.2) is 12.5 Å². The molecule has 0 saturated heterocycles. The number of rotatable bonds is 2. The van der Waals surface area contributed by atoms with Crippen LogP contribution in [0, 0.1) is 3.70 Å². The van der Waals surface area contributed by atoms with Gasteiger partial charge in [0.2, 0.25) is 0 Å². The number of hydrogen-bond donors (Lipinski definition) is 1. The van der Waals surface area contributed by atoms with Crippen molar-refractivity contribution in [2.75, 3.05) is 6.54 Å². The molecule has 0 spiro atoms. The van der Waals surface area contributed by atoms with Gasteiger partial charge in [0.1, 0.15) is 3.70 Å². The highest BCUT2D eigenvalue weighted by molar-refractivity contribution is 14.1. The largest absolute Gasteiger partial charge is 0.335 e. The molecule has 0 bridgehead atoms. The van der Waals surface area contributed by atoms with E-state index in [1.165, 1.54) is 0 Å². The highest BCUT2D eigenvalue weighted by Crippen LogP contribution is 1.98. The summed E-state index contributed by atoms with van der Waals surface area (Å²) in [5, 5.41) is 0. The number of hydrogen-bond acceptors (Lipinski definition) is 2. The molecule has 0 aromatic carbocycles. The van der Waals surface area contributed by atoms with Crippen LogP contribution >= 0.6 is 47.4 Å². The Morgan fingerprint density at radius 2 is 2.18 bits per heavy atom. The Balaban J connectivity index is 0. The Hall–Kier alpha value is 0.480. The molecule has 1 heterocycles. The molecule has 0 atom stereocenters. The van der Waals surface area contributed by atoms with E-state index in [1.807, 2.05) is 10.8 Å². The lowest BCUT2D eigenvalue weighted by Gasteiger charge is -1.93. The van der Waals surface area contributed by atoms with Crippen molar-refractivity contribution in [3.8, 4) is 0 Å². The van der Waals surface area contributed by atoms with Gasteiger partial charge in [-0.2, -0.15) is 0 Å². The Labute approximate surface area is 91.7 Å². The average Bonchev–Trinajstić information content (AvgIpc) is 2.17. The van der Waals surface area contributed by atoms with E-state index in [-0.39, 0.29) is 24.8 Å². The molecule has 66 valence electrons. The normalized spacial score (nSPS) is 8.18. The fourth-order valence-electron chi connectivity index (χ4n) is 0.604. The summed E-state index contributed by atoms with van der Waals surface area (Å²) in [7, 11) is 0. The summed E-state index contributed by atoms with van der Waals surface area (Å²) in [5.41, 5.74) is 5.32. The molecule has 1 rings (SSSR count). The van der Waals surface area contributed by atoms with E-state index in [0.29, 0.717) is 6.54 Å². The zero-order valence-corrected chi connectivity index (χ0v) is 9.53. The van der Waals surface area contributed by atoms with Crippen molar-refractivity contribution in [1.82, 2.24) is 9.55 Å². The summed E-state index contributed by atoms with van der Waals surface area (Å²) in [6.45, 7) is 1.53. The quantitative estimate of drug-likeness (QED) is 0.837. The van der Waals surface area contributed by atoms with Crippen LogP contribution in [0.1, 0.15) is 0 Å². The van der Waals surface area contributed by atoms with E-state index < -0.39 is 0 Å². The first kappa shape index (κ1) is 14.0. The number of imidazole rings is 1. The maximum absolute atomic E-state index is 5.32. The maximum atomic E-state index is 5.32. The summed E-state index contributed by atoms with van der Waals surface area (Å²) < 4.78 is 2.99. The highest BCUT2D eigenvalue weighted by atomic mass is 127. The van der Waals surface area contributed by atoms with Gasteiger partial charge in [-0.15, -0.1) is 24.8 Å². The third-order valence-corrected chi connectivity index (χ3v) is 1.55. The van der Waals surface area contributed by atoms with Gasteiger partial charge in [-0.05, 0) is 22.6 Å². The third-order valence-electron chi connectivity index (χ3n) is 0.989. The van der Waals surface area contributed by atoms with Gasteiger partial charge >= 0.3 is 0 Å². The maximum Gasteiger partial charge on any atom is 0.119 e. The van der Waals surface area contributed by atoms with E-state index in [0.717, 1.165) is 10.2 Å². The van der Waals surface area contributed by atoms with Gasteiger partial charge in [-0.1, -0.05) is 0 Å². The van der Waals surface area contributed by atoms with Crippen LogP contribution in [0.5, 0.6) is 0 Å². The SMILES string of the molecule is Cl.Cl.NCCn1cnc(I)c1. The van der Waals surface area contributed by atoms with Crippen LogP contribution in [0.25, 0.3) is 0 Å². The number of nitrogens with zero attached hydrogens (tertiary/aromatic N) is 2. The van der Waals surface area contributed by atoms with E-state index in [2.05, 4.69) is 27.6 Å². The van der Waals surface area contributed by atoms with E-state index in [4.69, 9.17) is 5.73 Å². The van der Waals surface area contributed by atoms with Crippen molar-refractivity contribution in [2.45, 2.75) is 6.54 Å². The molecule has 0 radical (unpaired) electrons. The average molecular weight is 310 g/mol. The van der Waals surface area contributed by atoms with Crippen molar-refractivity contribution >= 4 is 47.4 Å². The first-order valence-corrected chi connectivity index (χ1v) is 3.78. The van der Waals surface area contributed by atoms with Crippen LogP contribution in [0.4, 0.5) is 0 Å². The predicted molar refractivity (Wildman–Crippen MR) is 58.5 cm³/mol. The zero-order valence-electron chi connectivity index (χ0n) is 5.74. The third kappa shape index (κ3) is 4.84. The minimum absolute atomic E-state index is 0. The number of halogens is 3. The zero-order chi connectivity index (χ0) is 6.69. The van der Waals surface area contributed by atoms with Gasteiger partial charge in [0.25, 0.3) is 0 Å². The molecule has 2 N–H and O–H groups in total. The van der Waals surface area contributed by atoms with E-state index in [9.17, 15) is 0 Å². The fourth-order valence-corrected chi connectivity index (χ4v) is 1.09. The molecular weight excluding hydrogens is 300 g/mol. The minimum atomic E-state index is 0. The summed E-state index contributed by atoms with van der Waals surface area (Å²) in [5.74, 6) is 0. The standard InChI is InChI=1S/C5H8IN3.2ClH/c6-5-3-9(2-1-7)4-8-5;;/h3-4H,1-2,7H2;2*1H. The van der Waals surface area contributed by atoms with Crippen molar-refractivity contribution in [3.05, 3.63) is 16.2 Å². The highest BCUT2D eigenvalue weighted by Gasteiger charge is 1.90. The molecule has 0 amide bonds. The van der Waals surface area contributed by atoms with Gasteiger partial charge in [-0.25, -0.2) is 4.98 Å². The molecule has 0 fully saturated rings. The van der Waals surface area contributed by atoms with E-state index >= 15 is 0 Å². The van der Waals surface area contributed by atoms with Crippen LogP contribution < -0.4 is 5.73 Å². The Morgan fingerprint density at radius 3 is 2.55 bits per heavy atom. The molecule has 0 aliphatic rings. The van der Waals surface area contributed by atoms with E-state index in [1.54, 1.807) is 6.33 Å². The summed E-state index contributed by atoms with van der Waals surface area (Å²) in [6, 6.07) is 0. The smallest absolute Gasteiger partial charge is 0.119 e. The molecule has 0 aliphatic heterocycles. The molecule has 1 aromatic heterocycles. The van der Waals surface area contributed by atoms with Crippen molar-refractivity contribution in [1.29, 1.82) is 0 Å². The van der Waals surface area contributed by atoms with Crippen molar-refractivity contribution < 1.29 is 0 Å². The van der Waals surface area contributed by atoms with Crippen molar-refractivity contribution in [3.63, 3.8) is 0 Å². The molecule has 0 saturated carbocycles. The number of nitrogens with two attached hydrogens (primary N) is 1. The summed E-state index contributed by atoms with van der Waals surface area (Å²) in [4.78, 5) is 4.03. The predicted octanol–water partition coefficient (Wildman–Crippen LogP) is 1.29. The van der Waals surface area contributed by atoms with Crippen LogP contribution in [-0.2, 0) is 6.54 Å². The van der Waals surface area contributed by atoms with Gasteiger partial charge in [0, 0.05) is 19.3 Å². The van der Waals surface area contributed by atoms with Crippen molar-refractivity contribution in [2.24, 2.45) is 5.73 Å². The van der Waals surface area contributed by atoms with Crippen LogP contribution in [0.3, 0.4) is 0 Å². The second kappa shape index (κ2) is 7.15. The topological polar surface area (TPSA) is 43.8 Å². The monoisotopic (exact) mass is 309 g/mol. The van der Waals surface area contributed by atoms with Crippen LogP contribution in [-0.4, -0.2) is 16.1 Å². The van der Waals surface area contributed by atoms with Gasteiger partial charge in [0.15, 0.2) is 0 Å². The first-order chi connectivity index (χ1) is 4.33. The molecule has 6 heteroatoms. The van der Waals surface area contributed by atoms with Gasteiger partial charge in [0.05, 0.1) is 6.33 Å². The molecule has 0 aliphatic carbocycles. The van der Waals surface area contributed by atoms with Crippen LogP contribution in [0.2, 0.25) is 0 Å². The second-order valence-corrected chi connectivity index (χ2v) is 2.83. The summed E-state index contributed by atoms with van der Waals surface area (Å²) in [6.07, 6.45) is 3.75. The molecule has 3 nitrogen and oxygen atoms in total. The lowest BCUT2D eigenvalue weighted by atomic mass is 10.6. The van der Waals surface area contributed by atoms with Gasteiger partial charge in [-0.3, -0.25) is 0 Å². The van der Waals surface area contributed by atoms with Gasteiger partial charge < -0.3 is 10.3 Å². The summed E-state index contributed by atoms with van der Waals surface area (Å²) >= 11 is 2.17. The lowest BCUT2D eigenvalue weighted by Crippen LogP contribution is -2.07. The Kier molecular flexibility index (Phi) is 9.11. The Morgan fingerprint density at radius 1 is 1.55 bits per heavy atom. The lowest BCUT2D eigenvalue weighted by molar-refractivity contribution is 0.707. The molecular formula is C5H10Cl2IN3. The number of aromatic nitrogens is 2. The molecule has 11 heavy (non-hydrogen) atoms. The first-order valence-electron chi connectivity index (χ1n) is 2.70. The minimum Gasteiger partial charge on any atom is -0.335 e.